The number of aryl methyl sites for hydroxylation is 1. The first-order valence-corrected chi connectivity index (χ1v) is 7.87. The number of hydrogen-bond acceptors (Lipinski definition) is 4. The molecule has 0 amide bonds. The van der Waals surface area contributed by atoms with Crippen molar-refractivity contribution in [2.45, 2.75) is 19.8 Å². The molecule has 0 spiro atoms. The van der Waals surface area contributed by atoms with Crippen molar-refractivity contribution in [2.24, 2.45) is 0 Å². The van der Waals surface area contributed by atoms with Gasteiger partial charge in [-0.25, -0.2) is 4.79 Å². The summed E-state index contributed by atoms with van der Waals surface area (Å²) in [5.74, 6) is 0.604. The SMILES string of the molecule is CCOC(=O)c1ccc(NCCCc2ccc(OC)cc2)cc1. The minimum atomic E-state index is -0.279. The van der Waals surface area contributed by atoms with Crippen molar-refractivity contribution in [3.63, 3.8) is 0 Å². The van der Waals surface area contributed by atoms with Gasteiger partial charge in [-0.05, 0) is 61.7 Å². The highest BCUT2D eigenvalue weighted by Gasteiger charge is 2.05. The van der Waals surface area contributed by atoms with Gasteiger partial charge >= 0.3 is 5.97 Å². The Morgan fingerprint density at radius 1 is 1.04 bits per heavy atom. The summed E-state index contributed by atoms with van der Waals surface area (Å²) in [7, 11) is 1.67. The standard InChI is InChI=1S/C19H23NO3/c1-3-23-19(21)16-8-10-17(11-9-16)20-14-4-5-15-6-12-18(22-2)13-7-15/h6-13,20H,3-5,14H2,1-2H3. The molecule has 0 aromatic heterocycles. The maximum absolute atomic E-state index is 11.6. The zero-order chi connectivity index (χ0) is 16.5. The number of anilines is 1. The van der Waals surface area contributed by atoms with Crippen molar-refractivity contribution >= 4 is 11.7 Å². The van der Waals surface area contributed by atoms with E-state index in [0.717, 1.165) is 30.8 Å². The molecule has 0 aliphatic heterocycles. The summed E-state index contributed by atoms with van der Waals surface area (Å²) >= 11 is 0. The van der Waals surface area contributed by atoms with Crippen LogP contribution in [0.15, 0.2) is 48.5 Å². The number of carbonyl (C=O) groups excluding carboxylic acids is 1. The van der Waals surface area contributed by atoms with Gasteiger partial charge in [0, 0.05) is 12.2 Å². The van der Waals surface area contributed by atoms with Gasteiger partial charge in [0.15, 0.2) is 0 Å². The Hall–Kier alpha value is -2.49. The molecule has 0 unspecified atom stereocenters. The van der Waals surface area contributed by atoms with Crippen LogP contribution >= 0.6 is 0 Å². The Balaban J connectivity index is 1.74. The van der Waals surface area contributed by atoms with Crippen molar-refractivity contribution in [2.75, 3.05) is 25.6 Å². The van der Waals surface area contributed by atoms with Gasteiger partial charge in [-0.2, -0.15) is 0 Å². The fraction of sp³-hybridized carbons (Fsp3) is 0.316. The molecule has 23 heavy (non-hydrogen) atoms. The van der Waals surface area contributed by atoms with Crippen LogP contribution in [0.2, 0.25) is 0 Å². The fourth-order valence-electron chi connectivity index (χ4n) is 2.26. The number of hydrogen-bond donors (Lipinski definition) is 1. The third kappa shape index (κ3) is 5.33. The summed E-state index contributed by atoms with van der Waals surface area (Å²) in [4.78, 5) is 11.6. The molecular weight excluding hydrogens is 290 g/mol. The first kappa shape index (κ1) is 16.9. The van der Waals surface area contributed by atoms with Gasteiger partial charge in [-0.1, -0.05) is 12.1 Å². The van der Waals surface area contributed by atoms with Crippen LogP contribution in [0.25, 0.3) is 0 Å². The molecule has 4 heteroatoms. The van der Waals surface area contributed by atoms with Crippen LogP contribution in [0.4, 0.5) is 5.69 Å². The number of nitrogens with one attached hydrogen (secondary N) is 1. The molecule has 0 aliphatic carbocycles. The van der Waals surface area contributed by atoms with E-state index in [9.17, 15) is 4.79 Å². The second-order valence-corrected chi connectivity index (χ2v) is 5.18. The second-order valence-electron chi connectivity index (χ2n) is 5.18. The average Bonchev–Trinajstić information content (AvgIpc) is 2.60. The van der Waals surface area contributed by atoms with E-state index in [0.29, 0.717) is 12.2 Å². The molecule has 0 saturated heterocycles. The molecule has 0 aliphatic rings. The molecule has 2 rings (SSSR count). The van der Waals surface area contributed by atoms with Crippen LogP contribution < -0.4 is 10.1 Å². The van der Waals surface area contributed by atoms with Crippen LogP contribution in [0.1, 0.15) is 29.3 Å². The van der Waals surface area contributed by atoms with Gasteiger partial charge in [-0.15, -0.1) is 0 Å². The van der Waals surface area contributed by atoms with Crippen LogP contribution in [-0.4, -0.2) is 26.2 Å². The van der Waals surface area contributed by atoms with E-state index in [1.807, 2.05) is 24.3 Å². The molecule has 122 valence electrons. The quantitative estimate of drug-likeness (QED) is 0.593. The Bertz CT molecular complexity index is 606. The lowest BCUT2D eigenvalue weighted by Crippen LogP contribution is -2.06. The van der Waals surface area contributed by atoms with Gasteiger partial charge < -0.3 is 14.8 Å². The van der Waals surface area contributed by atoms with E-state index in [1.54, 1.807) is 26.2 Å². The van der Waals surface area contributed by atoms with Crippen molar-refractivity contribution in [1.82, 2.24) is 0 Å². The highest BCUT2D eigenvalue weighted by atomic mass is 16.5. The fourth-order valence-corrected chi connectivity index (χ4v) is 2.26. The molecule has 0 radical (unpaired) electrons. The third-order valence-electron chi connectivity index (χ3n) is 3.53. The molecule has 0 bridgehead atoms. The zero-order valence-electron chi connectivity index (χ0n) is 13.7. The smallest absolute Gasteiger partial charge is 0.338 e. The molecular formula is C19H23NO3. The first-order valence-electron chi connectivity index (χ1n) is 7.87. The van der Waals surface area contributed by atoms with Gasteiger partial charge in [0.05, 0.1) is 19.3 Å². The summed E-state index contributed by atoms with van der Waals surface area (Å²) in [5, 5.41) is 3.36. The van der Waals surface area contributed by atoms with Crippen molar-refractivity contribution in [3.8, 4) is 5.75 Å². The van der Waals surface area contributed by atoms with Crippen molar-refractivity contribution in [1.29, 1.82) is 0 Å². The lowest BCUT2D eigenvalue weighted by molar-refractivity contribution is 0.0526. The summed E-state index contributed by atoms with van der Waals surface area (Å²) in [6.07, 6.45) is 2.05. The molecule has 0 saturated carbocycles. The highest BCUT2D eigenvalue weighted by molar-refractivity contribution is 5.89. The molecule has 2 aromatic rings. The van der Waals surface area contributed by atoms with E-state index in [4.69, 9.17) is 9.47 Å². The van der Waals surface area contributed by atoms with Crippen LogP contribution in [0.5, 0.6) is 5.75 Å². The van der Waals surface area contributed by atoms with E-state index >= 15 is 0 Å². The van der Waals surface area contributed by atoms with Crippen molar-refractivity contribution < 1.29 is 14.3 Å². The predicted molar refractivity (Wildman–Crippen MR) is 92.2 cm³/mol. The summed E-state index contributed by atoms with van der Waals surface area (Å²) in [5.41, 5.74) is 2.88. The van der Waals surface area contributed by atoms with Gasteiger partial charge in [0.1, 0.15) is 5.75 Å². The molecule has 0 atom stereocenters. The number of carbonyl (C=O) groups is 1. The Morgan fingerprint density at radius 3 is 2.35 bits per heavy atom. The van der Waals surface area contributed by atoms with E-state index in [2.05, 4.69) is 17.4 Å². The van der Waals surface area contributed by atoms with Crippen LogP contribution in [0.3, 0.4) is 0 Å². The maximum atomic E-state index is 11.6. The van der Waals surface area contributed by atoms with E-state index in [-0.39, 0.29) is 5.97 Å². The van der Waals surface area contributed by atoms with Gasteiger partial charge in [-0.3, -0.25) is 0 Å². The van der Waals surface area contributed by atoms with Gasteiger partial charge in [0.2, 0.25) is 0 Å². The number of rotatable bonds is 8. The summed E-state index contributed by atoms with van der Waals surface area (Å²) in [6.45, 7) is 3.08. The number of esters is 1. The zero-order valence-corrected chi connectivity index (χ0v) is 13.7. The third-order valence-corrected chi connectivity index (χ3v) is 3.53. The number of ether oxygens (including phenoxy) is 2. The van der Waals surface area contributed by atoms with Gasteiger partial charge in [0.25, 0.3) is 0 Å². The highest BCUT2D eigenvalue weighted by Crippen LogP contribution is 2.13. The predicted octanol–water partition coefficient (Wildman–Crippen LogP) is 3.92. The number of methoxy groups -OCH3 is 1. The number of benzene rings is 2. The molecule has 2 aromatic carbocycles. The minimum absolute atomic E-state index is 0.279. The lowest BCUT2D eigenvalue weighted by Gasteiger charge is -2.08. The van der Waals surface area contributed by atoms with E-state index < -0.39 is 0 Å². The topological polar surface area (TPSA) is 47.6 Å². The monoisotopic (exact) mass is 313 g/mol. The molecule has 0 heterocycles. The minimum Gasteiger partial charge on any atom is -0.497 e. The molecule has 4 nitrogen and oxygen atoms in total. The van der Waals surface area contributed by atoms with E-state index in [1.165, 1.54) is 5.56 Å². The Labute approximate surface area is 137 Å². The normalized spacial score (nSPS) is 10.2. The largest absolute Gasteiger partial charge is 0.497 e. The van der Waals surface area contributed by atoms with Crippen molar-refractivity contribution in [3.05, 3.63) is 59.7 Å². The lowest BCUT2D eigenvalue weighted by atomic mass is 10.1. The molecule has 0 fully saturated rings. The second kappa shape index (κ2) is 8.83. The van der Waals surface area contributed by atoms with Crippen LogP contribution in [-0.2, 0) is 11.2 Å². The summed E-state index contributed by atoms with van der Waals surface area (Å²) in [6, 6.07) is 15.5. The Kier molecular flexibility index (Phi) is 6.48. The maximum Gasteiger partial charge on any atom is 0.338 e. The Morgan fingerprint density at radius 2 is 1.74 bits per heavy atom. The summed E-state index contributed by atoms with van der Waals surface area (Å²) < 4.78 is 10.1. The van der Waals surface area contributed by atoms with Crippen LogP contribution in [0, 0.1) is 0 Å². The average molecular weight is 313 g/mol. The molecule has 1 N–H and O–H groups in total. The first-order chi connectivity index (χ1) is 11.2.